The number of hydrogen-bond donors (Lipinski definition) is 2. The molecule has 1 heterocycles. The third-order valence-corrected chi connectivity index (χ3v) is 5.62. The highest BCUT2D eigenvalue weighted by Gasteiger charge is 2.17. The van der Waals surface area contributed by atoms with E-state index in [9.17, 15) is 14.4 Å². The van der Waals surface area contributed by atoms with Gasteiger partial charge in [0, 0.05) is 23.6 Å². The highest BCUT2D eigenvalue weighted by Crippen LogP contribution is 2.31. The minimum Gasteiger partial charge on any atom is -0.452 e. The SMILES string of the molecule is CCCC[C@@H](CC)CNC(=O)COC(=O)c1ccc2c(c1)NC(=O)CCS2. The summed E-state index contributed by atoms with van der Waals surface area (Å²) >= 11 is 1.57. The van der Waals surface area contributed by atoms with Gasteiger partial charge in [0.1, 0.15) is 0 Å². The molecule has 7 heteroatoms. The maximum atomic E-state index is 12.2. The fourth-order valence-electron chi connectivity index (χ4n) is 2.81. The molecule has 0 saturated heterocycles. The fourth-order valence-corrected chi connectivity index (χ4v) is 3.75. The van der Waals surface area contributed by atoms with Crippen LogP contribution in [0, 0.1) is 5.92 Å². The first-order valence-electron chi connectivity index (χ1n) is 9.54. The molecular weight excluding hydrogens is 364 g/mol. The molecule has 0 radical (unpaired) electrons. The predicted octanol–water partition coefficient (Wildman–Crippen LogP) is 3.61. The fraction of sp³-hybridized carbons (Fsp3) is 0.550. The first kappa shape index (κ1) is 21.3. The van der Waals surface area contributed by atoms with E-state index in [1.807, 2.05) is 0 Å². The van der Waals surface area contributed by atoms with Gasteiger partial charge in [-0.3, -0.25) is 9.59 Å². The van der Waals surface area contributed by atoms with Crippen LogP contribution in [0.15, 0.2) is 23.1 Å². The van der Waals surface area contributed by atoms with Gasteiger partial charge in [0.15, 0.2) is 6.61 Å². The van der Waals surface area contributed by atoms with E-state index in [-0.39, 0.29) is 18.4 Å². The summed E-state index contributed by atoms with van der Waals surface area (Å²) in [4.78, 5) is 36.8. The Morgan fingerprint density at radius 2 is 2.15 bits per heavy atom. The second kappa shape index (κ2) is 11.0. The summed E-state index contributed by atoms with van der Waals surface area (Å²) in [6, 6.07) is 5.05. The number of fused-ring (bicyclic) bond motifs is 1. The zero-order chi connectivity index (χ0) is 19.6. The summed E-state index contributed by atoms with van der Waals surface area (Å²) in [6.45, 7) is 4.56. The normalized spacial score (nSPS) is 14.5. The van der Waals surface area contributed by atoms with Gasteiger partial charge in [-0.05, 0) is 30.5 Å². The van der Waals surface area contributed by atoms with Crippen molar-refractivity contribution < 1.29 is 19.1 Å². The average molecular weight is 393 g/mol. The van der Waals surface area contributed by atoms with Crippen molar-refractivity contribution in [2.45, 2.75) is 50.8 Å². The van der Waals surface area contributed by atoms with Crippen LogP contribution >= 0.6 is 11.8 Å². The van der Waals surface area contributed by atoms with E-state index >= 15 is 0 Å². The van der Waals surface area contributed by atoms with Gasteiger partial charge in [0.2, 0.25) is 5.91 Å². The Bertz CT molecular complexity index is 678. The number of carbonyl (C=O) groups is 3. The topological polar surface area (TPSA) is 84.5 Å². The number of thioether (sulfide) groups is 1. The molecule has 1 aromatic carbocycles. The van der Waals surface area contributed by atoms with E-state index in [0.717, 1.165) is 30.6 Å². The average Bonchev–Trinajstić information content (AvgIpc) is 2.86. The lowest BCUT2D eigenvalue weighted by molar-refractivity contribution is -0.124. The van der Waals surface area contributed by atoms with Crippen molar-refractivity contribution in [3.8, 4) is 0 Å². The van der Waals surface area contributed by atoms with Gasteiger partial charge >= 0.3 is 5.97 Å². The lowest BCUT2D eigenvalue weighted by Gasteiger charge is -2.15. The molecule has 0 fully saturated rings. The van der Waals surface area contributed by atoms with Crippen molar-refractivity contribution >= 4 is 35.2 Å². The molecule has 6 nitrogen and oxygen atoms in total. The molecule has 27 heavy (non-hydrogen) atoms. The molecule has 0 aromatic heterocycles. The molecule has 2 N–H and O–H groups in total. The second-order valence-corrected chi connectivity index (χ2v) is 7.79. The molecule has 0 aliphatic carbocycles. The van der Waals surface area contributed by atoms with Crippen LogP contribution in [0.3, 0.4) is 0 Å². The zero-order valence-electron chi connectivity index (χ0n) is 16.0. The van der Waals surface area contributed by atoms with Crippen LogP contribution in [0.4, 0.5) is 5.69 Å². The Kier molecular flexibility index (Phi) is 8.64. The summed E-state index contributed by atoms with van der Waals surface area (Å²) in [5.41, 5.74) is 0.932. The molecule has 2 amide bonds. The smallest absolute Gasteiger partial charge is 0.338 e. The van der Waals surface area contributed by atoms with E-state index in [0.29, 0.717) is 35.9 Å². The molecule has 2 rings (SSSR count). The highest BCUT2D eigenvalue weighted by atomic mass is 32.2. The van der Waals surface area contributed by atoms with Crippen molar-refractivity contribution in [1.82, 2.24) is 5.32 Å². The van der Waals surface area contributed by atoms with Crippen LogP contribution in [0.5, 0.6) is 0 Å². The van der Waals surface area contributed by atoms with Gasteiger partial charge in [0.05, 0.1) is 11.3 Å². The molecule has 1 aromatic rings. The van der Waals surface area contributed by atoms with Crippen LogP contribution in [0.2, 0.25) is 0 Å². The van der Waals surface area contributed by atoms with E-state index in [1.165, 1.54) is 0 Å². The molecule has 0 spiro atoms. The van der Waals surface area contributed by atoms with Gasteiger partial charge in [-0.1, -0.05) is 33.1 Å². The Labute approximate surface area is 164 Å². The molecule has 0 unspecified atom stereocenters. The number of esters is 1. The van der Waals surface area contributed by atoms with Crippen molar-refractivity contribution in [2.24, 2.45) is 5.92 Å². The van der Waals surface area contributed by atoms with Crippen LogP contribution in [0.1, 0.15) is 56.3 Å². The summed E-state index contributed by atoms with van der Waals surface area (Å²) in [7, 11) is 0. The third kappa shape index (κ3) is 6.90. The summed E-state index contributed by atoms with van der Waals surface area (Å²) in [5, 5.41) is 5.63. The van der Waals surface area contributed by atoms with Gasteiger partial charge in [-0.25, -0.2) is 4.79 Å². The van der Waals surface area contributed by atoms with Gasteiger partial charge in [0.25, 0.3) is 5.91 Å². The molecule has 0 saturated carbocycles. The number of ether oxygens (including phenoxy) is 1. The molecule has 1 atom stereocenters. The first-order chi connectivity index (χ1) is 13.0. The van der Waals surface area contributed by atoms with Crippen LogP contribution in [-0.4, -0.2) is 36.7 Å². The minimum absolute atomic E-state index is 0.0697. The number of benzene rings is 1. The Morgan fingerprint density at radius 3 is 2.89 bits per heavy atom. The predicted molar refractivity (Wildman–Crippen MR) is 107 cm³/mol. The van der Waals surface area contributed by atoms with Gasteiger partial charge in [-0.15, -0.1) is 11.8 Å². The number of unbranched alkanes of at least 4 members (excludes halogenated alkanes) is 1. The number of amides is 2. The molecule has 1 aliphatic heterocycles. The Hall–Kier alpha value is -2.02. The van der Waals surface area contributed by atoms with Crippen LogP contribution < -0.4 is 10.6 Å². The summed E-state index contributed by atoms with van der Waals surface area (Å²) < 4.78 is 5.12. The standard InChI is InChI=1S/C20H28N2O4S/c1-3-5-6-14(4-2)12-21-19(24)13-26-20(25)15-7-8-17-16(11-15)22-18(23)9-10-27-17/h7-8,11,14H,3-6,9-10,12-13H2,1-2H3,(H,21,24)(H,22,23)/t14-/m1/s1. The van der Waals surface area contributed by atoms with Crippen LogP contribution in [-0.2, 0) is 14.3 Å². The highest BCUT2D eigenvalue weighted by molar-refractivity contribution is 7.99. The largest absolute Gasteiger partial charge is 0.452 e. The van der Waals surface area contributed by atoms with Gasteiger partial charge < -0.3 is 15.4 Å². The van der Waals surface area contributed by atoms with E-state index in [1.54, 1.807) is 30.0 Å². The quantitative estimate of drug-likeness (QED) is 0.627. The van der Waals surface area contributed by atoms with Crippen molar-refractivity contribution in [1.29, 1.82) is 0 Å². The third-order valence-electron chi connectivity index (χ3n) is 4.54. The summed E-state index contributed by atoms with van der Waals surface area (Å²) in [5.74, 6) is 0.223. The molecule has 148 valence electrons. The molecule has 1 aliphatic rings. The maximum Gasteiger partial charge on any atom is 0.338 e. The monoisotopic (exact) mass is 392 g/mol. The van der Waals surface area contributed by atoms with E-state index in [2.05, 4.69) is 24.5 Å². The number of rotatable bonds is 9. The second-order valence-electron chi connectivity index (χ2n) is 6.65. The number of carbonyl (C=O) groups excluding carboxylic acids is 3. The maximum absolute atomic E-state index is 12.2. The van der Waals surface area contributed by atoms with Crippen molar-refractivity contribution in [3.63, 3.8) is 0 Å². The molecule has 0 bridgehead atoms. The van der Waals surface area contributed by atoms with E-state index in [4.69, 9.17) is 4.74 Å². The zero-order valence-corrected chi connectivity index (χ0v) is 16.8. The van der Waals surface area contributed by atoms with E-state index < -0.39 is 5.97 Å². The van der Waals surface area contributed by atoms with Crippen molar-refractivity contribution in [2.75, 3.05) is 24.2 Å². The molecular formula is C20H28N2O4S. The minimum atomic E-state index is -0.575. The van der Waals surface area contributed by atoms with Crippen LogP contribution in [0.25, 0.3) is 0 Å². The van der Waals surface area contributed by atoms with Gasteiger partial charge in [-0.2, -0.15) is 0 Å². The Balaban J connectivity index is 1.83. The number of hydrogen-bond acceptors (Lipinski definition) is 5. The lowest BCUT2D eigenvalue weighted by atomic mass is 9.99. The van der Waals surface area contributed by atoms with Crippen molar-refractivity contribution in [3.05, 3.63) is 23.8 Å². The first-order valence-corrected chi connectivity index (χ1v) is 10.5. The Morgan fingerprint density at radius 1 is 1.33 bits per heavy atom. The lowest BCUT2D eigenvalue weighted by Crippen LogP contribution is -2.32. The summed E-state index contributed by atoms with van der Waals surface area (Å²) in [6.07, 6.45) is 4.83. The number of nitrogens with one attached hydrogen (secondary N) is 2. The number of anilines is 1.